The molecule has 1 atom stereocenters. The zero-order chi connectivity index (χ0) is 11.6. The molecular weight excluding hydrogens is 196 g/mol. The molecule has 5 heteroatoms. The fourth-order valence-electron chi connectivity index (χ4n) is 1.67. The molecule has 0 aromatic heterocycles. The van der Waals surface area contributed by atoms with E-state index in [2.05, 4.69) is 5.32 Å². The van der Waals surface area contributed by atoms with Crippen LogP contribution in [0.25, 0.3) is 0 Å². The first kappa shape index (κ1) is 11.8. The van der Waals surface area contributed by atoms with Crippen molar-refractivity contribution in [1.82, 2.24) is 10.2 Å². The number of nitrogens with zero attached hydrogens (tertiary/aromatic N) is 1. The van der Waals surface area contributed by atoms with Crippen LogP contribution in [0.15, 0.2) is 0 Å². The highest BCUT2D eigenvalue weighted by molar-refractivity contribution is 5.78. The molecule has 0 saturated carbocycles. The Morgan fingerprint density at radius 1 is 1.60 bits per heavy atom. The summed E-state index contributed by atoms with van der Waals surface area (Å²) in [7, 11) is 0. The van der Waals surface area contributed by atoms with Crippen molar-refractivity contribution in [2.24, 2.45) is 0 Å². The zero-order valence-corrected chi connectivity index (χ0v) is 9.41. The summed E-state index contributed by atoms with van der Waals surface area (Å²) in [5.74, 6) is 0.0132. The lowest BCUT2D eigenvalue weighted by Gasteiger charge is -2.34. The molecule has 1 rings (SSSR count). The third-order valence-corrected chi connectivity index (χ3v) is 2.53. The monoisotopic (exact) mass is 214 g/mol. The Hall–Kier alpha value is -1.26. The lowest BCUT2D eigenvalue weighted by atomic mass is 10.1. The molecule has 1 heterocycles. The van der Waals surface area contributed by atoms with Crippen LogP contribution in [0.5, 0.6) is 0 Å². The van der Waals surface area contributed by atoms with Crippen LogP contribution in [0.1, 0.15) is 33.6 Å². The third kappa shape index (κ3) is 3.11. The SMILES string of the molecule is CC(C)(C)N(C[C@H]1CCC(=O)N1)C(=O)O. The van der Waals surface area contributed by atoms with Crippen LogP contribution < -0.4 is 5.32 Å². The molecule has 15 heavy (non-hydrogen) atoms. The summed E-state index contributed by atoms with van der Waals surface area (Å²) in [4.78, 5) is 23.4. The molecule has 0 bridgehead atoms. The van der Waals surface area contributed by atoms with Gasteiger partial charge in [0.2, 0.25) is 5.91 Å². The number of hydrogen-bond acceptors (Lipinski definition) is 2. The number of rotatable bonds is 2. The molecule has 86 valence electrons. The van der Waals surface area contributed by atoms with E-state index in [1.54, 1.807) is 0 Å². The van der Waals surface area contributed by atoms with Crippen LogP contribution in [0.4, 0.5) is 4.79 Å². The van der Waals surface area contributed by atoms with E-state index in [-0.39, 0.29) is 11.9 Å². The summed E-state index contributed by atoms with van der Waals surface area (Å²) in [6, 6.07) is -0.0344. The van der Waals surface area contributed by atoms with Gasteiger partial charge in [-0.25, -0.2) is 4.79 Å². The predicted molar refractivity (Wildman–Crippen MR) is 55.6 cm³/mol. The highest BCUT2D eigenvalue weighted by Crippen LogP contribution is 2.17. The minimum Gasteiger partial charge on any atom is -0.465 e. The van der Waals surface area contributed by atoms with Gasteiger partial charge in [0, 0.05) is 24.5 Å². The van der Waals surface area contributed by atoms with Crippen LogP contribution in [0, 0.1) is 0 Å². The normalized spacial score (nSPS) is 21.3. The number of carboxylic acid groups (broad SMARTS) is 1. The molecule has 0 spiro atoms. The number of amides is 2. The van der Waals surface area contributed by atoms with Crippen LogP contribution in [0.2, 0.25) is 0 Å². The highest BCUT2D eigenvalue weighted by atomic mass is 16.4. The Morgan fingerprint density at radius 2 is 2.20 bits per heavy atom. The predicted octanol–water partition coefficient (Wildman–Crippen LogP) is 1.04. The molecule has 1 saturated heterocycles. The maximum Gasteiger partial charge on any atom is 0.407 e. The topological polar surface area (TPSA) is 69.6 Å². The Morgan fingerprint density at radius 3 is 2.53 bits per heavy atom. The van der Waals surface area contributed by atoms with Crippen molar-refractivity contribution in [1.29, 1.82) is 0 Å². The molecule has 0 aromatic carbocycles. The Labute approximate surface area is 89.4 Å². The van der Waals surface area contributed by atoms with Gasteiger partial charge < -0.3 is 15.3 Å². The van der Waals surface area contributed by atoms with E-state index >= 15 is 0 Å². The smallest absolute Gasteiger partial charge is 0.407 e. The summed E-state index contributed by atoms with van der Waals surface area (Å²) in [6.07, 6.45) is 0.282. The minimum atomic E-state index is -0.941. The van der Waals surface area contributed by atoms with Crippen molar-refractivity contribution in [3.8, 4) is 0 Å². The second kappa shape index (κ2) is 4.08. The number of carbonyl (C=O) groups is 2. The van der Waals surface area contributed by atoms with Gasteiger partial charge >= 0.3 is 6.09 Å². The van der Waals surface area contributed by atoms with Crippen molar-refractivity contribution in [3.63, 3.8) is 0 Å². The first-order valence-corrected chi connectivity index (χ1v) is 5.10. The maximum atomic E-state index is 11.0. The van der Waals surface area contributed by atoms with E-state index in [0.29, 0.717) is 13.0 Å². The van der Waals surface area contributed by atoms with E-state index in [4.69, 9.17) is 5.11 Å². The van der Waals surface area contributed by atoms with Crippen molar-refractivity contribution in [2.75, 3.05) is 6.54 Å². The summed E-state index contributed by atoms with van der Waals surface area (Å²) < 4.78 is 0. The van der Waals surface area contributed by atoms with Gasteiger partial charge in [-0.05, 0) is 27.2 Å². The third-order valence-electron chi connectivity index (χ3n) is 2.53. The first-order chi connectivity index (χ1) is 6.80. The summed E-state index contributed by atoms with van der Waals surface area (Å²) in [5, 5.41) is 11.8. The average molecular weight is 214 g/mol. The lowest BCUT2D eigenvalue weighted by molar-refractivity contribution is -0.119. The quantitative estimate of drug-likeness (QED) is 0.721. The number of carbonyl (C=O) groups excluding carboxylic acids is 1. The van der Waals surface area contributed by atoms with Crippen LogP contribution in [0.3, 0.4) is 0 Å². The largest absolute Gasteiger partial charge is 0.465 e. The van der Waals surface area contributed by atoms with E-state index in [1.807, 2.05) is 20.8 Å². The molecule has 0 aromatic rings. The van der Waals surface area contributed by atoms with E-state index in [1.165, 1.54) is 4.90 Å². The summed E-state index contributed by atoms with van der Waals surface area (Å²) in [6.45, 7) is 5.90. The van der Waals surface area contributed by atoms with Gasteiger partial charge in [-0.3, -0.25) is 4.79 Å². The van der Waals surface area contributed by atoms with Crippen LogP contribution in [-0.2, 0) is 4.79 Å². The van der Waals surface area contributed by atoms with Gasteiger partial charge in [0.05, 0.1) is 0 Å². The molecule has 0 unspecified atom stereocenters. The molecule has 1 aliphatic heterocycles. The Bertz CT molecular complexity index is 270. The second-order valence-electron chi connectivity index (χ2n) is 4.87. The van der Waals surface area contributed by atoms with E-state index in [9.17, 15) is 9.59 Å². The van der Waals surface area contributed by atoms with Crippen molar-refractivity contribution >= 4 is 12.0 Å². The van der Waals surface area contributed by atoms with Crippen molar-refractivity contribution in [3.05, 3.63) is 0 Å². The minimum absolute atomic E-state index is 0.0132. The molecule has 2 N–H and O–H groups in total. The summed E-state index contributed by atoms with van der Waals surface area (Å²) >= 11 is 0. The molecule has 2 amide bonds. The molecule has 0 radical (unpaired) electrons. The van der Waals surface area contributed by atoms with Gasteiger partial charge in [-0.1, -0.05) is 0 Å². The highest BCUT2D eigenvalue weighted by Gasteiger charge is 2.31. The second-order valence-corrected chi connectivity index (χ2v) is 4.87. The van der Waals surface area contributed by atoms with Crippen LogP contribution >= 0.6 is 0 Å². The van der Waals surface area contributed by atoms with Gasteiger partial charge in [-0.15, -0.1) is 0 Å². The molecular formula is C10H18N2O3. The fraction of sp³-hybridized carbons (Fsp3) is 0.800. The number of nitrogens with one attached hydrogen (secondary N) is 1. The number of hydrogen-bond donors (Lipinski definition) is 2. The maximum absolute atomic E-state index is 11.0. The van der Waals surface area contributed by atoms with Gasteiger partial charge in [0.15, 0.2) is 0 Å². The molecule has 1 fully saturated rings. The lowest BCUT2D eigenvalue weighted by Crippen LogP contribution is -2.50. The van der Waals surface area contributed by atoms with E-state index in [0.717, 1.165) is 6.42 Å². The van der Waals surface area contributed by atoms with Crippen LogP contribution in [-0.4, -0.2) is 40.1 Å². The fourth-order valence-corrected chi connectivity index (χ4v) is 1.67. The average Bonchev–Trinajstić information content (AvgIpc) is 2.44. The zero-order valence-electron chi connectivity index (χ0n) is 9.41. The van der Waals surface area contributed by atoms with E-state index < -0.39 is 11.6 Å². The molecule has 1 aliphatic rings. The summed E-state index contributed by atoms with van der Waals surface area (Å²) in [5.41, 5.74) is -0.431. The molecule has 0 aliphatic carbocycles. The standard InChI is InChI=1S/C10H18N2O3/c1-10(2,3)12(9(14)15)6-7-4-5-8(13)11-7/h7H,4-6H2,1-3H3,(H,11,13)(H,14,15)/t7-/m1/s1. The van der Waals surface area contributed by atoms with Crippen molar-refractivity contribution in [2.45, 2.75) is 45.2 Å². The van der Waals surface area contributed by atoms with Gasteiger partial charge in [0.25, 0.3) is 0 Å². The van der Waals surface area contributed by atoms with Crippen molar-refractivity contribution < 1.29 is 14.7 Å². The first-order valence-electron chi connectivity index (χ1n) is 5.10. The Kier molecular flexibility index (Phi) is 3.21. The Balaban J connectivity index is 2.60. The molecule has 5 nitrogen and oxygen atoms in total. The van der Waals surface area contributed by atoms with Gasteiger partial charge in [0.1, 0.15) is 0 Å². The van der Waals surface area contributed by atoms with Gasteiger partial charge in [-0.2, -0.15) is 0 Å².